The van der Waals surface area contributed by atoms with Gasteiger partial charge in [-0.1, -0.05) is 30.3 Å². The number of hydrogen-bond acceptors (Lipinski definition) is 2. The minimum Gasteiger partial charge on any atom is -0.310 e. The van der Waals surface area contributed by atoms with Crippen LogP contribution in [0.4, 0.5) is 4.39 Å². The summed E-state index contributed by atoms with van der Waals surface area (Å²) in [7, 11) is 0. The van der Waals surface area contributed by atoms with Crippen molar-refractivity contribution < 1.29 is 4.39 Å². The van der Waals surface area contributed by atoms with Crippen LogP contribution in [0.25, 0.3) is 0 Å². The van der Waals surface area contributed by atoms with E-state index in [1.807, 2.05) is 37.3 Å². The Morgan fingerprint density at radius 3 is 2.75 bits per heavy atom. The third-order valence-corrected chi connectivity index (χ3v) is 3.19. The molecule has 2 nitrogen and oxygen atoms in total. The molecule has 1 N–H and O–H groups in total. The molecule has 0 radical (unpaired) electrons. The van der Waals surface area contributed by atoms with E-state index in [1.165, 1.54) is 6.07 Å². The van der Waals surface area contributed by atoms with Crippen molar-refractivity contribution in [2.45, 2.75) is 25.9 Å². The SMILES string of the molecule is CC(Cc1ccccc1F)NCc1cccc(C#N)c1. The van der Waals surface area contributed by atoms with Gasteiger partial charge < -0.3 is 5.32 Å². The van der Waals surface area contributed by atoms with Gasteiger partial charge in [-0.05, 0) is 42.7 Å². The van der Waals surface area contributed by atoms with Gasteiger partial charge in [0, 0.05) is 12.6 Å². The molecule has 0 heterocycles. The van der Waals surface area contributed by atoms with Crippen LogP contribution in [0.1, 0.15) is 23.6 Å². The third kappa shape index (κ3) is 3.91. The summed E-state index contributed by atoms with van der Waals surface area (Å²) in [5.41, 5.74) is 2.44. The fourth-order valence-electron chi connectivity index (χ4n) is 2.11. The number of nitrogens with zero attached hydrogens (tertiary/aromatic N) is 1. The molecule has 2 rings (SSSR count). The Labute approximate surface area is 118 Å². The molecule has 3 heteroatoms. The molecule has 1 atom stereocenters. The van der Waals surface area contributed by atoms with E-state index in [0.717, 1.165) is 11.1 Å². The van der Waals surface area contributed by atoms with Gasteiger partial charge in [0.2, 0.25) is 0 Å². The Kier molecular flexibility index (Phi) is 4.86. The minimum absolute atomic E-state index is 0.160. The highest BCUT2D eigenvalue weighted by Gasteiger charge is 2.07. The van der Waals surface area contributed by atoms with Crippen LogP contribution in [0.2, 0.25) is 0 Å². The topological polar surface area (TPSA) is 35.8 Å². The molecule has 1 unspecified atom stereocenters. The Hall–Kier alpha value is -2.18. The van der Waals surface area contributed by atoms with Crippen molar-refractivity contribution in [3.63, 3.8) is 0 Å². The zero-order chi connectivity index (χ0) is 14.4. The van der Waals surface area contributed by atoms with E-state index in [1.54, 1.807) is 12.1 Å². The summed E-state index contributed by atoms with van der Waals surface area (Å²) in [6, 6.07) is 16.6. The smallest absolute Gasteiger partial charge is 0.126 e. The number of hydrogen-bond donors (Lipinski definition) is 1. The number of nitriles is 1. The molecule has 2 aromatic carbocycles. The van der Waals surface area contributed by atoms with Crippen molar-refractivity contribution in [1.82, 2.24) is 5.32 Å². The van der Waals surface area contributed by atoms with Crippen molar-refractivity contribution in [3.8, 4) is 6.07 Å². The van der Waals surface area contributed by atoms with Crippen LogP contribution >= 0.6 is 0 Å². The average molecular weight is 268 g/mol. The van der Waals surface area contributed by atoms with E-state index in [0.29, 0.717) is 18.5 Å². The highest BCUT2D eigenvalue weighted by molar-refractivity contribution is 5.32. The van der Waals surface area contributed by atoms with Gasteiger partial charge in [-0.2, -0.15) is 5.26 Å². The third-order valence-electron chi connectivity index (χ3n) is 3.19. The molecule has 0 saturated carbocycles. The molecular formula is C17H17FN2. The molecular weight excluding hydrogens is 251 g/mol. The monoisotopic (exact) mass is 268 g/mol. The second kappa shape index (κ2) is 6.83. The van der Waals surface area contributed by atoms with Crippen LogP contribution < -0.4 is 5.32 Å². The van der Waals surface area contributed by atoms with Crippen molar-refractivity contribution in [3.05, 3.63) is 71.0 Å². The summed E-state index contributed by atoms with van der Waals surface area (Å²) in [6.07, 6.45) is 0.643. The van der Waals surface area contributed by atoms with Crippen LogP contribution in [-0.2, 0) is 13.0 Å². The van der Waals surface area contributed by atoms with Gasteiger partial charge >= 0.3 is 0 Å². The normalized spacial score (nSPS) is 11.8. The molecule has 102 valence electrons. The zero-order valence-electron chi connectivity index (χ0n) is 11.4. The number of nitrogens with one attached hydrogen (secondary N) is 1. The van der Waals surface area contributed by atoms with Crippen molar-refractivity contribution in [2.24, 2.45) is 0 Å². The van der Waals surface area contributed by atoms with Crippen LogP contribution in [-0.4, -0.2) is 6.04 Å². The molecule has 0 bridgehead atoms. The predicted octanol–water partition coefficient (Wildman–Crippen LogP) is 3.42. The lowest BCUT2D eigenvalue weighted by Gasteiger charge is -2.14. The quantitative estimate of drug-likeness (QED) is 0.902. The maximum absolute atomic E-state index is 13.5. The minimum atomic E-state index is -0.160. The lowest BCUT2D eigenvalue weighted by molar-refractivity contribution is 0.526. The molecule has 2 aromatic rings. The fourth-order valence-corrected chi connectivity index (χ4v) is 2.11. The first kappa shape index (κ1) is 14.2. The van der Waals surface area contributed by atoms with Gasteiger partial charge in [0.15, 0.2) is 0 Å². The van der Waals surface area contributed by atoms with Gasteiger partial charge in [0.25, 0.3) is 0 Å². The lowest BCUT2D eigenvalue weighted by atomic mass is 10.1. The second-order valence-electron chi connectivity index (χ2n) is 4.89. The summed E-state index contributed by atoms with van der Waals surface area (Å²) in [4.78, 5) is 0. The van der Waals surface area contributed by atoms with Gasteiger partial charge in [0.1, 0.15) is 5.82 Å². The fraction of sp³-hybridized carbons (Fsp3) is 0.235. The molecule has 0 aliphatic heterocycles. The lowest BCUT2D eigenvalue weighted by Crippen LogP contribution is -2.27. The summed E-state index contributed by atoms with van der Waals surface area (Å²) in [6.45, 7) is 2.70. The largest absolute Gasteiger partial charge is 0.310 e. The number of rotatable bonds is 5. The van der Waals surface area contributed by atoms with E-state index >= 15 is 0 Å². The first-order valence-electron chi connectivity index (χ1n) is 6.65. The van der Waals surface area contributed by atoms with E-state index in [9.17, 15) is 4.39 Å². The summed E-state index contributed by atoms with van der Waals surface area (Å²) in [5, 5.41) is 12.2. The summed E-state index contributed by atoms with van der Waals surface area (Å²) >= 11 is 0. The molecule has 0 fully saturated rings. The molecule has 0 aliphatic carbocycles. The molecule has 0 saturated heterocycles. The van der Waals surface area contributed by atoms with Crippen molar-refractivity contribution >= 4 is 0 Å². The Morgan fingerprint density at radius 2 is 2.00 bits per heavy atom. The number of benzene rings is 2. The van der Waals surface area contributed by atoms with E-state index < -0.39 is 0 Å². The Morgan fingerprint density at radius 1 is 1.20 bits per heavy atom. The van der Waals surface area contributed by atoms with Crippen molar-refractivity contribution in [1.29, 1.82) is 5.26 Å². The zero-order valence-corrected chi connectivity index (χ0v) is 11.4. The molecule has 0 amide bonds. The second-order valence-corrected chi connectivity index (χ2v) is 4.89. The highest BCUT2D eigenvalue weighted by Crippen LogP contribution is 2.10. The van der Waals surface area contributed by atoms with Crippen LogP contribution in [0.15, 0.2) is 48.5 Å². The maximum Gasteiger partial charge on any atom is 0.126 e. The van der Waals surface area contributed by atoms with Gasteiger partial charge in [-0.25, -0.2) is 4.39 Å². The average Bonchev–Trinajstić information content (AvgIpc) is 2.48. The Bertz CT molecular complexity index is 616. The molecule has 0 aliphatic rings. The van der Waals surface area contributed by atoms with E-state index in [2.05, 4.69) is 11.4 Å². The molecule has 0 aromatic heterocycles. The van der Waals surface area contributed by atoms with Crippen molar-refractivity contribution in [2.75, 3.05) is 0 Å². The van der Waals surface area contributed by atoms with E-state index in [4.69, 9.17) is 5.26 Å². The Balaban J connectivity index is 1.91. The summed E-state index contributed by atoms with van der Waals surface area (Å²) < 4.78 is 13.5. The highest BCUT2D eigenvalue weighted by atomic mass is 19.1. The van der Waals surface area contributed by atoms with Crippen LogP contribution in [0, 0.1) is 17.1 Å². The maximum atomic E-state index is 13.5. The first-order chi connectivity index (χ1) is 9.69. The predicted molar refractivity (Wildman–Crippen MR) is 77.6 cm³/mol. The molecule has 20 heavy (non-hydrogen) atoms. The number of halogens is 1. The van der Waals surface area contributed by atoms with Crippen LogP contribution in [0.3, 0.4) is 0 Å². The standard InChI is InChI=1S/C17H17FN2/c1-13(9-16-7-2-3-8-17(16)18)20-12-15-6-4-5-14(10-15)11-19/h2-8,10,13,20H,9,12H2,1H3. The van der Waals surface area contributed by atoms with Gasteiger partial charge in [-0.3, -0.25) is 0 Å². The van der Waals surface area contributed by atoms with E-state index in [-0.39, 0.29) is 11.9 Å². The summed E-state index contributed by atoms with van der Waals surface area (Å²) in [5.74, 6) is -0.160. The van der Waals surface area contributed by atoms with Gasteiger partial charge in [-0.15, -0.1) is 0 Å². The van der Waals surface area contributed by atoms with Gasteiger partial charge in [0.05, 0.1) is 11.6 Å². The first-order valence-corrected chi connectivity index (χ1v) is 6.65. The van der Waals surface area contributed by atoms with Crippen LogP contribution in [0.5, 0.6) is 0 Å². The molecule has 0 spiro atoms.